The smallest absolute Gasteiger partial charge is 0.323 e. The van der Waals surface area contributed by atoms with Gasteiger partial charge in [-0.1, -0.05) is 18.2 Å². The number of carbonyl (C=O) groups excluding carboxylic acids is 1. The molecule has 3 rings (SSSR count). The predicted molar refractivity (Wildman–Crippen MR) is 103 cm³/mol. The molecule has 1 heterocycles. The highest BCUT2D eigenvalue weighted by molar-refractivity contribution is 5.78. The van der Waals surface area contributed by atoms with E-state index in [0.29, 0.717) is 16.9 Å². The molecular formula is C20H22N2O7. The molecule has 2 N–H and O–H groups in total. The van der Waals surface area contributed by atoms with Crippen LogP contribution in [-0.4, -0.2) is 49.4 Å². The second-order valence-corrected chi connectivity index (χ2v) is 6.65. The lowest BCUT2D eigenvalue weighted by atomic mass is 9.85. The zero-order valence-electron chi connectivity index (χ0n) is 16.2. The van der Waals surface area contributed by atoms with Crippen molar-refractivity contribution in [2.75, 3.05) is 21.3 Å². The Labute approximate surface area is 167 Å². The first-order valence-corrected chi connectivity index (χ1v) is 8.89. The highest BCUT2D eigenvalue weighted by Gasteiger charge is 2.55. The minimum atomic E-state index is -1.15. The first-order chi connectivity index (χ1) is 13.9. The SMILES string of the molecule is COC(=O)C1NC(c2ccc(O)c(OC)c2)C([N+](=O)[O-])C1c1ccc(OC)cc1. The third-order valence-corrected chi connectivity index (χ3v) is 5.19. The summed E-state index contributed by atoms with van der Waals surface area (Å²) < 4.78 is 15.2. The summed E-state index contributed by atoms with van der Waals surface area (Å²) in [6, 6.07) is 8.42. The number of esters is 1. The average Bonchev–Trinajstić information content (AvgIpc) is 3.14. The number of phenols is 1. The topological polar surface area (TPSA) is 120 Å². The van der Waals surface area contributed by atoms with Gasteiger partial charge in [0.2, 0.25) is 6.04 Å². The molecule has 0 amide bonds. The predicted octanol–water partition coefficient (Wildman–Crippen LogP) is 2.02. The van der Waals surface area contributed by atoms with Crippen molar-refractivity contribution < 1.29 is 29.0 Å². The van der Waals surface area contributed by atoms with Gasteiger partial charge in [0.25, 0.3) is 0 Å². The molecule has 4 unspecified atom stereocenters. The van der Waals surface area contributed by atoms with Crippen LogP contribution in [0.15, 0.2) is 42.5 Å². The molecule has 2 aromatic rings. The van der Waals surface area contributed by atoms with Crippen LogP contribution in [0.3, 0.4) is 0 Å². The zero-order valence-corrected chi connectivity index (χ0v) is 16.2. The van der Waals surface area contributed by atoms with E-state index in [-0.39, 0.29) is 11.5 Å². The van der Waals surface area contributed by atoms with Gasteiger partial charge >= 0.3 is 5.97 Å². The Morgan fingerprint density at radius 2 is 1.72 bits per heavy atom. The Morgan fingerprint density at radius 1 is 1.07 bits per heavy atom. The number of methoxy groups -OCH3 is 3. The van der Waals surface area contributed by atoms with Gasteiger partial charge in [-0.2, -0.15) is 0 Å². The number of rotatable bonds is 6. The summed E-state index contributed by atoms with van der Waals surface area (Å²) in [7, 11) is 4.16. The average molecular weight is 402 g/mol. The number of hydrogen-bond acceptors (Lipinski definition) is 8. The fourth-order valence-electron chi connectivity index (χ4n) is 3.79. The summed E-state index contributed by atoms with van der Waals surface area (Å²) in [5.41, 5.74) is 1.13. The van der Waals surface area contributed by atoms with Crippen LogP contribution in [-0.2, 0) is 9.53 Å². The number of benzene rings is 2. The molecule has 0 bridgehead atoms. The van der Waals surface area contributed by atoms with Gasteiger partial charge in [-0.05, 0) is 35.4 Å². The van der Waals surface area contributed by atoms with Crippen LogP contribution in [0.1, 0.15) is 23.1 Å². The minimum Gasteiger partial charge on any atom is -0.504 e. The van der Waals surface area contributed by atoms with Gasteiger partial charge in [-0.25, -0.2) is 0 Å². The van der Waals surface area contributed by atoms with Gasteiger partial charge < -0.3 is 19.3 Å². The van der Waals surface area contributed by atoms with Gasteiger partial charge in [0, 0.05) is 4.92 Å². The number of aromatic hydroxyl groups is 1. The van der Waals surface area contributed by atoms with Crippen LogP contribution in [0.4, 0.5) is 0 Å². The first-order valence-electron chi connectivity index (χ1n) is 8.89. The molecule has 2 aromatic carbocycles. The highest BCUT2D eigenvalue weighted by Crippen LogP contribution is 2.42. The summed E-state index contributed by atoms with van der Waals surface area (Å²) >= 11 is 0. The van der Waals surface area contributed by atoms with Crippen LogP contribution >= 0.6 is 0 Å². The molecular weight excluding hydrogens is 380 g/mol. The molecule has 0 radical (unpaired) electrons. The Morgan fingerprint density at radius 3 is 2.28 bits per heavy atom. The zero-order chi connectivity index (χ0) is 21.1. The first kappa shape index (κ1) is 20.4. The number of ether oxygens (including phenoxy) is 3. The molecule has 1 fully saturated rings. The van der Waals surface area contributed by atoms with Gasteiger partial charge in [0.05, 0.1) is 27.2 Å². The second-order valence-electron chi connectivity index (χ2n) is 6.65. The monoisotopic (exact) mass is 402 g/mol. The van der Waals surface area contributed by atoms with Gasteiger partial charge in [0.1, 0.15) is 17.8 Å². The number of nitrogens with zero attached hydrogens (tertiary/aromatic N) is 1. The van der Waals surface area contributed by atoms with E-state index in [1.807, 2.05) is 0 Å². The molecule has 29 heavy (non-hydrogen) atoms. The van der Waals surface area contributed by atoms with E-state index < -0.39 is 34.9 Å². The van der Waals surface area contributed by atoms with Crippen molar-refractivity contribution in [2.24, 2.45) is 0 Å². The molecule has 154 valence electrons. The Hall–Kier alpha value is -3.33. The normalized spacial score (nSPS) is 23.4. The molecule has 9 heteroatoms. The minimum absolute atomic E-state index is 0.0804. The van der Waals surface area contributed by atoms with Crippen LogP contribution in [0, 0.1) is 10.1 Å². The van der Waals surface area contributed by atoms with Crippen LogP contribution in [0.2, 0.25) is 0 Å². The van der Waals surface area contributed by atoms with Gasteiger partial charge in [0.15, 0.2) is 11.5 Å². The van der Waals surface area contributed by atoms with Gasteiger partial charge in [-0.15, -0.1) is 0 Å². The van der Waals surface area contributed by atoms with E-state index in [1.165, 1.54) is 33.5 Å². The van der Waals surface area contributed by atoms with E-state index in [1.54, 1.807) is 30.3 Å². The van der Waals surface area contributed by atoms with E-state index >= 15 is 0 Å². The van der Waals surface area contributed by atoms with Crippen molar-refractivity contribution in [3.63, 3.8) is 0 Å². The Balaban J connectivity index is 2.08. The largest absolute Gasteiger partial charge is 0.504 e. The fraction of sp³-hybridized carbons (Fsp3) is 0.350. The number of nitrogens with one attached hydrogen (secondary N) is 1. The second kappa shape index (κ2) is 8.36. The van der Waals surface area contributed by atoms with Crippen LogP contribution in [0.25, 0.3) is 0 Å². The molecule has 0 spiro atoms. The van der Waals surface area contributed by atoms with Crippen LogP contribution < -0.4 is 14.8 Å². The quantitative estimate of drug-likeness (QED) is 0.428. The maximum atomic E-state index is 12.4. The summed E-state index contributed by atoms with van der Waals surface area (Å²) in [4.78, 5) is 24.1. The molecule has 0 aromatic heterocycles. The number of carbonyl (C=O) groups is 1. The molecule has 4 atom stereocenters. The number of phenolic OH excluding ortho intramolecular Hbond substituents is 1. The molecule has 0 saturated carbocycles. The number of hydrogen-bond donors (Lipinski definition) is 2. The lowest BCUT2D eigenvalue weighted by Gasteiger charge is -2.19. The maximum Gasteiger partial charge on any atom is 0.323 e. The van der Waals surface area contributed by atoms with Crippen molar-refractivity contribution in [2.45, 2.75) is 24.0 Å². The fourth-order valence-corrected chi connectivity index (χ4v) is 3.79. The Bertz CT molecular complexity index is 900. The summed E-state index contributed by atoms with van der Waals surface area (Å²) in [6.45, 7) is 0. The molecule has 1 aliphatic rings. The van der Waals surface area contributed by atoms with E-state index in [2.05, 4.69) is 5.32 Å². The van der Waals surface area contributed by atoms with Crippen molar-refractivity contribution in [3.8, 4) is 17.2 Å². The molecule has 1 saturated heterocycles. The molecule has 9 nitrogen and oxygen atoms in total. The van der Waals surface area contributed by atoms with Crippen LogP contribution in [0.5, 0.6) is 17.2 Å². The third-order valence-electron chi connectivity index (χ3n) is 5.19. The number of nitro groups is 1. The van der Waals surface area contributed by atoms with Crippen molar-refractivity contribution >= 4 is 5.97 Å². The Kier molecular flexibility index (Phi) is 5.88. The summed E-state index contributed by atoms with van der Waals surface area (Å²) in [5.74, 6) is -0.650. The van der Waals surface area contributed by atoms with Gasteiger partial charge in [-0.3, -0.25) is 20.2 Å². The van der Waals surface area contributed by atoms with Crippen molar-refractivity contribution in [1.29, 1.82) is 0 Å². The summed E-state index contributed by atoms with van der Waals surface area (Å²) in [5, 5.41) is 25.0. The van der Waals surface area contributed by atoms with Crippen molar-refractivity contribution in [1.82, 2.24) is 5.32 Å². The summed E-state index contributed by atoms with van der Waals surface area (Å²) in [6.07, 6.45) is 0. The van der Waals surface area contributed by atoms with E-state index in [0.717, 1.165) is 0 Å². The molecule has 1 aliphatic heterocycles. The lowest BCUT2D eigenvalue weighted by molar-refractivity contribution is -0.527. The van der Waals surface area contributed by atoms with Crippen molar-refractivity contribution in [3.05, 3.63) is 63.7 Å². The standard InChI is InChI=1S/C20H22N2O7/c1-27-13-7-4-11(5-8-13)16-18(20(24)29-3)21-17(19(16)22(25)26)12-6-9-14(23)15(10-12)28-2/h4-10,16-19,21,23H,1-3H3. The highest BCUT2D eigenvalue weighted by atomic mass is 16.6. The van der Waals surface area contributed by atoms with E-state index in [4.69, 9.17) is 14.2 Å². The third kappa shape index (κ3) is 3.81. The maximum absolute atomic E-state index is 12.4. The molecule has 0 aliphatic carbocycles. The van der Waals surface area contributed by atoms with E-state index in [9.17, 15) is 20.0 Å². The lowest BCUT2D eigenvalue weighted by Crippen LogP contribution is -2.37.